The summed E-state index contributed by atoms with van der Waals surface area (Å²) >= 11 is 0. The third kappa shape index (κ3) is 2.52. The lowest BCUT2D eigenvalue weighted by atomic mass is 10.2. The second-order valence-corrected chi connectivity index (χ2v) is 3.72. The van der Waals surface area contributed by atoms with Crippen molar-refractivity contribution >= 4 is 5.65 Å². The van der Waals surface area contributed by atoms with Crippen molar-refractivity contribution in [2.24, 2.45) is 5.73 Å². The Labute approximate surface area is 95.0 Å². The summed E-state index contributed by atoms with van der Waals surface area (Å²) in [4.78, 5) is 4.20. The van der Waals surface area contributed by atoms with E-state index in [2.05, 4.69) is 4.98 Å². The molecule has 0 saturated heterocycles. The maximum Gasteiger partial charge on any atom is 0.199 e. The Morgan fingerprint density at radius 1 is 1.25 bits per heavy atom. The number of nitrogens with two attached hydrogens (primary N) is 1. The highest BCUT2D eigenvalue weighted by atomic mass is 16.5. The van der Waals surface area contributed by atoms with Crippen LogP contribution in [-0.4, -0.2) is 22.5 Å². The molecule has 2 rings (SSSR count). The highest BCUT2D eigenvalue weighted by molar-refractivity contribution is 5.41. The van der Waals surface area contributed by atoms with Gasteiger partial charge in [0.25, 0.3) is 0 Å². The van der Waals surface area contributed by atoms with Gasteiger partial charge >= 0.3 is 0 Å². The van der Waals surface area contributed by atoms with Crippen molar-refractivity contribution in [1.82, 2.24) is 9.38 Å². The van der Waals surface area contributed by atoms with Gasteiger partial charge in [0.2, 0.25) is 0 Å². The zero-order valence-electron chi connectivity index (χ0n) is 9.30. The largest absolute Gasteiger partial charge is 0.479 e. The maximum atomic E-state index is 5.71. The molecule has 2 N–H and O–H groups in total. The number of pyridine rings is 1. The zero-order valence-corrected chi connectivity index (χ0v) is 9.30. The van der Waals surface area contributed by atoms with Gasteiger partial charge in [-0.05, 0) is 37.9 Å². The minimum atomic E-state index is 0.733. The minimum absolute atomic E-state index is 0.733. The number of unbranched alkanes of at least 4 members (excludes halogenated alkanes) is 2. The normalized spacial score (nSPS) is 10.8. The molecular weight excluding hydrogens is 202 g/mol. The van der Waals surface area contributed by atoms with Crippen LogP contribution in [0.15, 0.2) is 30.6 Å². The number of aromatic nitrogens is 2. The van der Waals surface area contributed by atoms with Gasteiger partial charge < -0.3 is 10.5 Å². The molecule has 16 heavy (non-hydrogen) atoms. The van der Waals surface area contributed by atoms with Crippen LogP contribution in [0.4, 0.5) is 0 Å². The van der Waals surface area contributed by atoms with Crippen LogP contribution in [0.1, 0.15) is 19.3 Å². The van der Waals surface area contributed by atoms with E-state index in [1.54, 1.807) is 6.20 Å². The Hall–Kier alpha value is -1.55. The molecule has 0 aliphatic carbocycles. The fraction of sp³-hybridized carbons (Fsp3) is 0.417. The highest BCUT2D eigenvalue weighted by Gasteiger charge is 2.00. The van der Waals surface area contributed by atoms with Crippen LogP contribution in [0.5, 0.6) is 5.88 Å². The molecule has 0 fully saturated rings. The van der Waals surface area contributed by atoms with E-state index < -0.39 is 0 Å². The predicted octanol–water partition coefficient (Wildman–Crippen LogP) is 1.84. The second kappa shape index (κ2) is 5.51. The van der Waals surface area contributed by atoms with E-state index in [-0.39, 0.29) is 0 Å². The first-order chi connectivity index (χ1) is 7.92. The predicted molar refractivity (Wildman–Crippen MR) is 63.6 cm³/mol. The van der Waals surface area contributed by atoms with Crippen molar-refractivity contribution in [3.8, 4) is 5.88 Å². The summed E-state index contributed by atoms with van der Waals surface area (Å²) < 4.78 is 7.65. The lowest BCUT2D eigenvalue weighted by Gasteiger charge is -2.07. The average molecular weight is 219 g/mol. The smallest absolute Gasteiger partial charge is 0.199 e. The van der Waals surface area contributed by atoms with Crippen molar-refractivity contribution in [2.45, 2.75) is 19.3 Å². The van der Waals surface area contributed by atoms with Crippen LogP contribution >= 0.6 is 0 Å². The molecule has 0 radical (unpaired) electrons. The third-order valence-electron chi connectivity index (χ3n) is 2.49. The summed E-state index contributed by atoms with van der Waals surface area (Å²) in [5.74, 6) is 0.850. The van der Waals surface area contributed by atoms with E-state index in [0.29, 0.717) is 0 Å². The monoisotopic (exact) mass is 219 g/mol. The maximum absolute atomic E-state index is 5.71. The summed E-state index contributed by atoms with van der Waals surface area (Å²) in [5.41, 5.74) is 6.35. The number of ether oxygens (including phenoxy) is 1. The van der Waals surface area contributed by atoms with E-state index in [1.807, 2.05) is 28.8 Å². The molecule has 0 bridgehead atoms. The molecular formula is C12H17N3O. The molecule has 0 aliphatic heterocycles. The first-order valence-electron chi connectivity index (χ1n) is 5.67. The summed E-state index contributed by atoms with van der Waals surface area (Å²) in [6.07, 6.45) is 6.92. The Morgan fingerprint density at radius 3 is 3.06 bits per heavy atom. The van der Waals surface area contributed by atoms with Gasteiger partial charge in [-0.3, -0.25) is 4.40 Å². The van der Waals surface area contributed by atoms with Crippen LogP contribution in [-0.2, 0) is 0 Å². The van der Waals surface area contributed by atoms with Crippen molar-refractivity contribution < 1.29 is 4.74 Å². The van der Waals surface area contributed by atoms with Crippen LogP contribution in [0.2, 0.25) is 0 Å². The van der Waals surface area contributed by atoms with Gasteiger partial charge in [0.05, 0.1) is 6.61 Å². The van der Waals surface area contributed by atoms with Crippen molar-refractivity contribution in [2.75, 3.05) is 13.2 Å². The molecule has 0 spiro atoms. The Kier molecular flexibility index (Phi) is 3.77. The van der Waals surface area contributed by atoms with Crippen LogP contribution in [0.25, 0.3) is 5.65 Å². The first-order valence-corrected chi connectivity index (χ1v) is 5.67. The van der Waals surface area contributed by atoms with Crippen molar-refractivity contribution in [3.63, 3.8) is 0 Å². The number of nitrogens with zero attached hydrogens (tertiary/aromatic N) is 2. The summed E-state index contributed by atoms with van der Waals surface area (Å²) in [5, 5.41) is 0. The first kappa shape index (κ1) is 11.0. The number of imidazole rings is 1. The summed E-state index contributed by atoms with van der Waals surface area (Å²) in [6.45, 7) is 1.49. The standard InChI is InChI=1S/C12H17N3O/c13-7-2-1-3-10-16-12-6-4-5-11-14-8-9-15(11)12/h4-6,8-9H,1-3,7,10,13H2. The minimum Gasteiger partial charge on any atom is -0.479 e. The average Bonchev–Trinajstić information content (AvgIpc) is 2.77. The molecule has 0 saturated carbocycles. The van der Waals surface area contributed by atoms with Gasteiger partial charge in [0.15, 0.2) is 5.88 Å². The number of hydrogen-bond donors (Lipinski definition) is 1. The number of fused-ring (bicyclic) bond motifs is 1. The summed E-state index contributed by atoms with van der Waals surface area (Å²) in [6, 6.07) is 5.87. The fourth-order valence-corrected chi connectivity index (χ4v) is 1.64. The van der Waals surface area contributed by atoms with Gasteiger partial charge in [-0.15, -0.1) is 0 Å². The molecule has 0 amide bonds. The lowest BCUT2D eigenvalue weighted by molar-refractivity contribution is 0.291. The van der Waals surface area contributed by atoms with E-state index in [0.717, 1.165) is 43.9 Å². The quantitative estimate of drug-likeness (QED) is 0.754. The molecule has 86 valence electrons. The van der Waals surface area contributed by atoms with E-state index in [4.69, 9.17) is 10.5 Å². The Balaban J connectivity index is 1.91. The molecule has 4 nitrogen and oxygen atoms in total. The van der Waals surface area contributed by atoms with Gasteiger partial charge in [-0.25, -0.2) is 4.98 Å². The van der Waals surface area contributed by atoms with Crippen LogP contribution < -0.4 is 10.5 Å². The van der Waals surface area contributed by atoms with Crippen LogP contribution in [0.3, 0.4) is 0 Å². The molecule has 0 unspecified atom stereocenters. The topological polar surface area (TPSA) is 52.5 Å². The van der Waals surface area contributed by atoms with Gasteiger partial charge in [0.1, 0.15) is 5.65 Å². The van der Waals surface area contributed by atoms with Crippen molar-refractivity contribution in [3.05, 3.63) is 30.6 Å². The fourth-order valence-electron chi connectivity index (χ4n) is 1.64. The molecule has 0 aliphatic rings. The molecule has 2 aromatic heterocycles. The van der Waals surface area contributed by atoms with Crippen LogP contribution in [0, 0.1) is 0 Å². The number of rotatable bonds is 6. The Morgan fingerprint density at radius 2 is 2.19 bits per heavy atom. The van der Waals surface area contributed by atoms with Gasteiger partial charge in [-0.2, -0.15) is 0 Å². The third-order valence-corrected chi connectivity index (χ3v) is 2.49. The van der Waals surface area contributed by atoms with E-state index >= 15 is 0 Å². The van der Waals surface area contributed by atoms with Crippen molar-refractivity contribution in [1.29, 1.82) is 0 Å². The summed E-state index contributed by atoms with van der Waals surface area (Å²) in [7, 11) is 0. The molecule has 0 atom stereocenters. The molecule has 2 heterocycles. The Bertz CT molecular complexity index is 439. The zero-order chi connectivity index (χ0) is 11.2. The SMILES string of the molecule is NCCCCCOc1cccc2nccn12. The lowest BCUT2D eigenvalue weighted by Crippen LogP contribution is -2.03. The van der Waals surface area contributed by atoms with E-state index in [1.165, 1.54) is 0 Å². The van der Waals surface area contributed by atoms with Gasteiger partial charge in [0, 0.05) is 12.4 Å². The second-order valence-electron chi connectivity index (χ2n) is 3.72. The van der Waals surface area contributed by atoms with Gasteiger partial charge in [-0.1, -0.05) is 6.07 Å². The highest BCUT2D eigenvalue weighted by Crippen LogP contribution is 2.13. The molecule has 4 heteroatoms. The van der Waals surface area contributed by atoms with E-state index in [9.17, 15) is 0 Å². The molecule has 0 aromatic carbocycles. The molecule has 2 aromatic rings. The number of hydrogen-bond acceptors (Lipinski definition) is 3.